The SMILES string of the molecule is COc1cc2c(cc1OC)CN(C(=O)[C@H](C)N)CC2.Cl. The predicted molar refractivity (Wildman–Crippen MR) is 79.6 cm³/mol. The quantitative estimate of drug-likeness (QED) is 0.915. The summed E-state index contributed by atoms with van der Waals surface area (Å²) in [4.78, 5) is 13.7. The highest BCUT2D eigenvalue weighted by Crippen LogP contribution is 2.33. The Morgan fingerprint density at radius 2 is 1.80 bits per heavy atom. The Kier molecular flexibility index (Phi) is 5.65. The highest BCUT2D eigenvalue weighted by Gasteiger charge is 2.24. The third-order valence-electron chi connectivity index (χ3n) is 3.42. The maximum Gasteiger partial charge on any atom is 0.239 e. The summed E-state index contributed by atoms with van der Waals surface area (Å²) >= 11 is 0. The standard InChI is InChI=1S/C14H20N2O3.ClH/c1-9(15)14(17)16-5-4-10-6-12(18-2)13(19-3)7-11(10)8-16;/h6-7,9H,4-5,8,15H2,1-3H3;1H/t9-;/m0./s1. The fourth-order valence-electron chi connectivity index (χ4n) is 2.36. The van der Waals surface area contributed by atoms with Crippen LogP contribution >= 0.6 is 12.4 Å². The van der Waals surface area contributed by atoms with Crippen LogP contribution < -0.4 is 15.2 Å². The molecule has 0 unspecified atom stereocenters. The molecule has 1 atom stereocenters. The van der Waals surface area contributed by atoms with E-state index in [9.17, 15) is 4.79 Å². The highest BCUT2D eigenvalue weighted by molar-refractivity contribution is 5.85. The maximum absolute atomic E-state index is 11.9. The van der Waals surface area contributed by atoms with E-state index in [4.69, 9.17) is 15.2 Å². The molecule has 0 radical (unpaired) electrons. The Bertz CT molecular complexity index is 492. The lowest BCUT2D eigenvalue weighted by atomic mass is 9.98. The summed E-state index contributed by atoms with van der Waals surface area (Å²) in [5.41, 5.74) is 7.95. The van der Waals surface area contributed by atoms with Gasteiger partial charge in [0.15, 0.2) is 11.5 Å². The molecule has 1 aromatic carbocycles. The summed E-state index contributed by atoms with van der Waals surface area (Å²) in [7, 11) is 3.23. The van der Waals surface area contributed by atoms with Crippen molar-refractivity contribution >= 4 is 18.3 Å². The topological polar surface area (TPSA) is 64.8 Å². The van der Waals surface area contributed by atoms with Gasteiger partial charge in [-0.15, -0.1) is 12.4 Å². The van der Waals surface area contributed by atoms with Gasteiger partial charge in [0.1, 0.15) is 0 Å². The molecule has 0 aromatic heterocycles. The monoisotopic (exact) mass is 300 g/mol. The van der Waals surface area contributed by atoms with E-state index < -0.39 is 6.04 Å². The first kappa shape index (κ1) is 16.6. The van der Waals surface area contributed by atoms with E-state index in [0.29, 0.717) is 18.8 Å². The van der Waals surface area contributed by atoms with Crippen molar-refractivity contribution in [1.82, 2.24) is 4.90 Å². The van der Waals surface area contributed by atoms with E-state index in [2.05, 4.69) is 0 Å². The van der Waals surface area contributed by atoms with Crippen LogP contribution in [0.4, 0.5) is 0 Å². The summed E-state index contributed by atoms with van der Waals surface area (Å²) < 4.78 is 10.6. The molecule has 0 aliphatic carbocycles. The molecule has 112 valence electrons. The smallest absolute Gasteiger partial charge is 0.239 e. The van der Waals surface area contributed by atoms with Gasteiger partial charge in [0, 0.05) is 13.1 Å². The fourth-order valence-corrected chi connectivity index (χ4v) is 2.36. The molecule has 2 rings (SSSR count). The van der Waals surface area contributed by atoms with Crippen molar-refractivity contribution in [3.8, 4) is 11.5 Å². The average Bonchev–Trinajstić information content (AvgIpc) is 2.44. The molecular weight excluding hydrogens is 280 g/mol. The number of nitrogens with zero attached hydrogens (tertiary/aromatic N) is 1. The second kappa shape index (κ2) is 6.81. The van der Waals surface area contributed by atoms with Crippen LogP contribution in [0.5, 0.6) is 11.5 Å². The lowest BCUT2D eigenvalue weighted by Crippen LogP contribution is -2.44. The summed E-state index contributed by atoms with van der Waals surface area (Å²) in [6.07, 6.45) is 0.814. The van der Waals surface area contributed by atoms with E-state index in [-0.39, 0.29) is 18.3 Å². The summed E-state index contributed by atoms with van der Waals surface area (Å²) in [5, 5.41) is 0. The Balaban J connectivity index is 0.00000200. The molecule has 5 nitrogen and oxygen atoms in total. The lowest BCUT2D eigenvalue weighted by molar-refractivity contribution is -0.133. The zero-order chi connectivity index (χ0) is 14.0. The largest absolute Gasteiger partial charge is 0.493 e. The maximum atomic E-state index is 11.9. The van der Waals surface area contributed by atoms with Crippen molar-refractivity contribution in [2.45, 2.75) is 25.9 Å². The lowest BCUT2D eigenvalue weighted by Gasteiger charge is -2.30. The van der Waals surface area contributed by atoms with Crippen LogP contribution in [-0.2, 0) is 17.8 Å². The molecule has 1 aromatic rings. The molecule has 0 spiro atoms. The van der Waals surface area contributed by atoms with Gasteiger partial charge in [-0.1, -0.05) is 0 Å². The van der Waals surface area contributed by atoms with E-state index in [1.807, 2.05) is 12.1 Å². The van der Waals surface area contributed by atoms with E-state index in [0.717, 1.165) is 17.7 Å². The molecule has 0 fully saturated rings. The van der Waals surface area contributed by atoms with Crippen molar-refractivity contribution in [1.29, 1.82) is 0 Å². The van der Waals surface area contributed by atoms with E-state index in [1.54, 1.807) is 26.0 Å². The number of nitrogens with two attached hydrogens (primary N) is 1. The number of carbonyl (C=O) groups is 1. The number of amides is 1. The Labute approximate surface area is 125 Å². The summed E-state index contributed by atoms with van der Waals surface area (Å²) in [5.74, 6) is 1.41. The zero-order valence-corrected chi connectivity index (χ0v) is 12.8. The number of benzene rings is 1. The molecular formula is C14H21ClN2O3. The predicted octanol–water partition coefficient (Wildman–Crippen LogP) is 1.36. The van der Waals surface area contributed by atoms with Gasteiger partial charge in [-0.05, 0) is 36.6 Å². The minimum atomic E-state index is -0.457. The molecule has 1 heterocycles. The number of ether oxygens (including phenoxy) is 2. The third kappa shape index (κ3) is 3.16. The number of hydrogen-bond acceptors (Lipinski definition) is 4. The molecule has 1 aliphatic heterocycles. The van der Waals surface area contributed by atoms with Crippen molar-refractivity contribution in [2.75, 3.05) is 20.8 Å². The van der Waals surface area contributed by atoms with Crippen molar-refractivity contribution in [2.24, 2.45) is 5.73 Å². The van der Waals surface area contributed by atoms with E-state index in [1.165, 1.54) is 5.56 Å². The second-order valence-corrected chi connectivity index (χ2v) is 4.77. The van der Waals surface area contributed by atoms with Crippen LogP contribution in [0.2, 0.25) is 0 Å². The van der Waals surface area contributed by atoms with Crippen LogP contribution in [0.3, 0.4) is 0 Å². The summed E-state index contributed by atoms with van der Waals surface area (Å²) in [6, 6.07) is 3.47. The minimum Gasteiger partial charge on any atom is -0.493 e. The number of methoxy groups -OCH3 is 2. The summed E-state index contributed by atoms with van der Waals surface area (Å²) in [6.45, 7) is 2.99. The Hall–Kier alpha value is -1.46. The first-order chi connectivity index (χ1) is 9.06. The zero-order valence-electron chi connectivity index (χ0n) is 12.0. The van der Waals surface area contributed by atoms with Crippen molar-refractivity contribution < 1.29 is 14.3 Å². The Morgan fingerprint density at radius 1 is 1.25 bits per heavy atom. The molecule has 20 heavy (non-hydrogen) atoms. The van der Waals surface area contributed by atoms with Gasteiger partial charge in [-0.2, -0.15) is 0 Å². The van der Waals surface area contributed by atoms with Gasteiger partial charge < -0.3 is 20.1 Å². The number of fused-ring (bicyclic) bond motifs is 1. The van der Waals surface area contributed by atoms with Crippen LogP contribution in [-0.4, -0.2) is 37.6 Å². The van der Waals surface area contributed by atoms with Crippen molar-refractivity contribution in [3.05, 3.63) is 23.3 Å². The van der Waals surface area contributed by atoms with Crippen molar-refractivity contribution in [3.63, 3.8) is 0 Å². The highest BCUT2D eigenvalue weighted by atomic mass is 35.5. The molecule has 2 N–H and O–H groups in total. The van der Waals surface area contributed by atoms with Crippen LogP contribution in [0, 0.1) is 0 Å². The Morgan fingerprint density at radius 3 is 2.30 bits per heavy atom. The normalized spacial score (nSPS) is 14.9. The molecule has 0 saturated carbocycles. The molecule has 0 saturated heterocycles. The number of rotatable bonds is 3. The number of hydrogen-bond donors (Lipinski definition) is 1. The first-order valence-electron chi connectivity index (χ1n) is 6.35. The van der Waals surface area contributed by atoms with Crippen LogP contribution in [0.15, 0.2) is 12.1 Å². The molecule has 1 aliphatic rings. The minimum absolute atomic E-state index is 0. The molecule has 1 amide bonds. The van der Waals surface area contributed by atoms with Gasteiger partial charge in [-0.25, -0.2) is 0 Å². The van der Waals surface area contributed by atoms with Gasteiger partial charge in [0.2, 0.25) is 5.91 Å². The van der Waals surface area contributed by atoms with Crippen LogP contribution in [0.25, 0.3) is 0 Å². The van der Waals surface area contributed by atoms with Gasteiger partial charge in [0.05, 0.1) is 20.3 Å². The van der Waals surface area contributed by atoms with Crippen LogP contribution in [0.1, 0.15) is 18.1 Å². The number of halogens is 1. The fraction of sp³-hybridized carbons (Fsp3) is 0.500. The molecule has 6 heteroatoms. The van der Waals surface area contributed by atoms with Gasteiger partial charge >= 0.3 is 0 Å². The third-order valence-corrected chi connectivity index (χ3v) is 3.42. The molecule has 0 bridgehead atoms. The first-order valence-corrected chi connectivity index (χ1v) is 6.35. The number of carbonyl (C=O) groups excluding carboxylic acids is 1. The van der Waals surface area contributed by atoms with Gasteiger partial charge in [0.25, 0.3) is 0 Å². The second-order valence-electron chi connectivity index (χ2n) is 4.77. The van der Waals surface area contributed by atoms with E-state index >= 15 is 0 Å². The average molecular weight is 301 g/mol. The van der Waals surface area contributed by atoms with Gasteiger partial charge in [-0.3, -0.25) is 4.79 Å².